The van der Waals surface area contributed by atoms with Crippen LogP contribution in [0.4, 0.5) is 0 Å². The van der Waals surface area contributed by atoms with E-state index in [1.54, 1.807) is 0 Å². The van der Waals surface area contributed by atoms with Gasteiger partial charge in [0.15, 0.2) is 0 Å². The lowest BCUT2D eigenvalue weighted by Crippen LogP contribution is -2.47. The van der Waals surface area contributed by atoms with E-state index < -0.39 is 8.32 Å². The molecule has 0 aliphatic heterocycles. The van der Waals surface area contributed by atoms with Gasteiger partial charge in [-0.3, -0.25) is 0 Å². The highest BCUT2D eigenvalue weighted by Gasteiger charge is 2.44. The molecule has 0 saturated heterocycles. The fourth-order valence-electron chi connectivity index (χ4n) is 5.45. The molecule has 0 amide bonds. The van der Waals surface area contributed by atoms with Crippen LogP contribution in [-0.2, 0) is 9.16 Å². The average Bonchev–Trinajstić information content (AvgIpc) is 2.68. The quantitative estimate of drug-likeness (QED) is 0.228. The second-order valence-corrected chi connectivity index (χ2v) is 16.8. The van der Waals surface area contributed by atoms with Gasteiger partial charge in [0.1, 0.15) is 6.10 Å². The van der Waals surface area contributed by atoms with Gasteiger partial charge in [-0.2, -0.15) is 0 Å². The molecule has 0 aromatic heterocycles. The van der Waals surface area contributed by atoms with E-state index in [1.165, 1.54) is 22.3 Å². The van der Waals surface area contributed by atoms with E-state index >= 15 is 0 Å². The second kappa shape index (κ2) is 12.4. The molecule has 1 aromatic rings. The molecule has 1 rings (SSSR count). The average molecular weight is 461 g/mol. The molecule has 0 aliphatic rings. The lowest BCUT2D eigenvalue weighted by Gasteiger charge is -2.41. The first-order chi connectivity index (χ1) is 14.8. The standard InChI is InChI=1S/C29H52O2Si/c1-19(2)26-17-27(20(3)4)29(28(18-26)21(5)6)25(13)30-15-14-16-31-32(22(7)8,23(9)10)24(11)12/h14-15,17-25H,16H2,1-13H3/b15-14-/t25-/m0/s1. The fourth-order valence-corrected chi connectivity index (χ4v) is 10.8. The molecule has 0 unspecified atom stereocenters. The smallest absolute Gasteiger partial charge is 0.200 e. The Morgan fingerprint density at radius 3 is 1.47 bits per heavy atom. The molecular formula is C29H52O2Si. The number of benzene rings is 1. The Balaban J connectivity index is 3.08. The van der Waals surface area contributed by atoms with Crippen molar-refractivity contribution in [2.75, 3.05) is 6.61 Å². The Kier molecular flexibility index (Phi) is 11.2. The third-order valence-electron chi connectivity index (χ3n) is 7.10. The summed E-state index contributed by atoms with van der Waals surface area (Å²) in [5.41, 5.74) is 7.41. The van der Waals surface area contributed by atoms with Crippen LogP contribution in [0.3, 0.4) is 0 Å². The Morgan fingerprint density at radius 2 is 1.12 bits per heavy atom. The first kappa shape index (κ1) is 29.0. The summed E-state index contributed by atoms with van der Waals surface area (Å²) in [6.45, 7) is 30.5. The van der Waals surface area contributed by atoms with Crippen molar-refractivity contribution in [1.29, 1.82) is 0 Å². The molecule has 0 heterocycles. The van der Waals surface area contributed by atoms with Crippen LogP contribution in [-0.4, -0.2) is 14.9 Å². The van der Waals surface area contributed by atoms with E-state index in [4.69, 9.17) is 9.16 Å². The van der Waals surface area contributed by atoms with Crippen molar-refractivity contribution >= 4 is 8.32 Å². The molecule has 184 valence electrons. The molecule has 0 radical (unpaired) electrons. The molecule has 0 aliphatic carbocycles. The summed E-state index contributed by atoms with van der Waals surface area (Å²) in [5, 5.41) is 0. The summed E-state index contributed by atoms with van der Waals surface area (Å²) in [6.07, 6.45) is 3.96. The van der Waals surface area contributed by atoms with Crippen LogP contribution in [0.25, 0.3) is 0 Å². The van der Waals surface area contributed by atoms with Crippen LogP contribution >= 0.6 is 0 Å². The van der Waals surface area contributed by atoms with Crippen molar-refractivity contribution < 1.29 is 9.16 Å². The molecule has 0 saturated carbocycles. The fraction of sp³-hybridized carbons (Fsp3) is 0.724. The van der Waals surface area contributed by atoms with Crippen molar-refractivity contribution in [3.63, 3.8) is 0 Å². The van der Waals surface area contributed by atoms with E-state index in [9.17, 15) is 0 Å². The van der Waals surface area contributed by atoms with Crippen molar-refractivity contribution in [3.8, 4) is 0 Å². The molecule has 1 aromatic carbocycles. The first-order valence-corrected chi connectivity index (χ1v) is 15.0. The predicted molar refractivity (Wildman–Crippen MR) is 144 cm³/mol. The predicted octanol–water partition coefficient (Wildman–Crippen LogP) is 9.84. The van der Waals surface area contributed by atoms with E-state index in [0.717, 1.165) is 0 Å². The maximum absolute atomic E-state index is 6.64. The molecule has 2 nitrogen and oxygen atoms in total. The van der Waals surface area contributed by atoms with E-state index in [-0.39, 0.29) is 6.10 Å². The zero-order chi connectivity index (χ0) is 24.8. The minimum Gasteiger partial charge on any atom is -0.494 e. The molecule has 3 heteroatoms. The molecule has 0 fully saturated rings. The Hall–Kier alpha value is -1.06. The topological polar surface area (TPSA) is 18.5 Å². The maximum atomic E-state index is 6.64. The third kappa shape index (κ3) is 6.73. The number of hydrogen-bond acceptors (Lipinski definition) is 2. The van der Waals surface area contributed by atoms with Gasteiger partial charge >= 0.3 is 0 Å². The van der Waals surface area contributed by atoms with Gasteiger partial charge < -0.3 is 9.16 Å². The Labute approximate surface area is 201 Å². The van der Waals surface area contributed by atoms with Crippen molar-refractivity contribution in [3.05, 3.63) is 46.7 Å². The van der Waals surface area contributed by atoms with Crippen LogP contribution < -0.4 is 0 Å². The van der Waals surface area contributed by atoms with Gasteiger partial charge in [0.2, 0.25) is 8.32 Å². The first-order valence-electron chi connectivity index (χ1n) is 12.9. The largest absolute Gasteiger partial charge is 0.494 e. The van der Waals surface area contributed by atoms with Crippen LogP contribution in [0.5, 0.6) is 0 Å². The molecular weight excluding hydrogens is 408 g/mol. The van der Waals surface area contributed by atoms with Gasteiger partial charge in [-0.25, -0.2) is 0 Å². The minimum absolute atomic E-state index is 0.0181. The normalized spacial score (nSPS) is 14.2. The number of ether oxygens (including phenoxy) is 1. The second-order valence-electron chi connectivity index (χ2n) is 11.4. The zero-order valence-electron chi connectivity index (χ0n) is 23.4. The lowest BCUT2D eigenvalue weighted by atomic mass is 9.82. The molecule has 0 N–H and O–H groups in total. The SMILES string of the molecule is CC(C)c1cc(C(C)C)c([C@H](C)O/C=C\CO[Si](C(C)C)(C(C)C)C(C)C)c(C(C)C)c1. The Morgan fingerprint density at radius 1 is 0.688 bits per heavy atom. The van der Waals surface area contributed by atoms with E-state index in [1.807, 2.05) is 6.26 Å². The minimum atomic E-state index is -1.84. The van der Waals surface area contributed by atoms with Gasteiger partial charge in [0.05, 0.1) is 12.9 Å². The number of hydrogen-bond donors (Lipinski definition) is 0. The van der Waals surface area contributed by atoms with Gasteiger partial charge in [0, 0.05) is 0 Å². The zero-order valence-corrected chi connectivity index (χ0v) is 24.4. The van der Waals surface area contributed by atoms with Crippen LogP contribution in [0.1, 0.15) is 136 Å². The van der Waals surface area contributed by atoms with E-state index in [2.05, 4.69) is 108 Å². The third-order valence-corrected chi connectivity index (χ3v) is 13.2. The highest BCUT2D eigenvalue weighted by Crippen LogP contribution is 2.42. The summed E-state index contributed by atoms with van der Waals surface area (Å²) in [6, 6.07) is 4.80. The van der Waals surface area contributed by atoms with Crippen molar-refractivity contribution in [2.24, 2.45) is 0 Å². The highest BCUT2D eigenvalue weighted by molar-refractivity contribution is 6.77. The monoisotopic (exact) mass is 460 g/mol. The lowest BCUT2D eigenvalue weighted by molar-refractivity contribution is 0.159. The van der Waals surface area contributed by atoms with Crippen molar-refractivity contribution in [2.45, 2.75) is 130 Å². The van der Waals surface area contributed by atoms with Gasteiger partial charge in [0.25, 0.3) is 0 Å². The van der Waals surface area contributed by atoms with Gasteiger partial charge in [-0.15, -0.1) is 0 Å². The molecule has 32 heavy (non-hydrogen) atoms. The summed E-state index contributed by atoms with van der Waals surface area (Å²) in [5.74, 6) is 1.46. The van der Waals surface area contributed by atoms with Crippen molar-refractivity contribution in [1.82, 2.24) is 0 Å². The summed E-state index contributed by atoms with van der Waals surface area (Å²) >= 11 is 0. The van der Waals surface area contributed by atoms with E-state index in [0.29, 0.717) is 41.0 Å². The van der Waals surface area contributed by atoms with Crippen LogP contribution in [0.15, 0.2) is 24.5 Å². The number of rotatable bonds is 12. The summed E-state index contributed by atoms with van der Waals surface area (Å²) in [7, 11) is -1.84. The van der Waals surface area contributed by atoms with Crippen LogP contribution in [0.2, 0.25) is 16.6 Å². The molecule has 0 spiro atoms. The highest BCUT2D eigenvalue weighted by atomic mass is 28.4. The molecule has 0 bridgehead atoms. The molecule has 1 atom stereocenters. The summed E-state index contributed by atoms with van der Waals surface area (Å²) in [4.78, 5) is 0. The van der Waals surface area contributed by atoms with Gasteiger partial charge in [-0.1, -0.05) is 95.2 Å². The van der Waals surface area contributed by atoms with Crippen LogP contribution in [0, 0.1) is 0 Å². The summed E-state index contributed by atoms with van der Waals surface area (Å²) < 4.78 is 12.9. The Bertz CT molecular complexity index is 678. The van der Waals surface area contributed by atoms with Gasteiger partial charge in [-0.05, 0) is 69.6 Å². The maximum Gasteiger partial charge on any atom is 0.200 e.